The minimum Gasteiger partial charge on any atom is -0.383 e. The number of nitrogens with zero attached hydrogens (tertiary/aromatic N) is 2. The van der Waals surface area contributed by atoms with Crippen molar-refractivity contribution in [3.63, 3.8) is 0 Å². The Labute approximate surface area is 102 Å². The Morgan fingerprint density at radius 2 is 1.94 bits per heavy atom. The zero-order chi connectivity index (χ0) is 12.8. The highest BCUT2D eigenvalue weighted by atomic mass is 16.5. The lowest BCUT2D eigenvalue weighted by Gasteiger charge is -2.19. The molecule has 0 fully saturated rings. The molecular weight excluding hydrogens is 218 g/mol. The number of anilines is 2. The maximum atomic E-state index is 5.42. The van der Waals surface area contributed by atoms with Gasteiger partial charge in [-0.3, -0.25) is 0 Å². The van der Waals surface area contributed by atoms with Crippen molar-refractivity contribution in [1.82, 2.24) is 9.97 Å². The molecule has 1 aromatic rings. The van der Waals surface area contributed by atoms with Crippen LogP contribution in [0.1, 0.15) is 24.7 Å². The number of ether oxygens (including phenoxy) is 1. The van der Waals surface area contributed by atoms with Crippen molar-refractivity contribution < 1.29 is 4.74 Å². The minimum atomic E-state index is 0.235. The van der Waals surface area contributed by atoms with Gasteiger partial charge < -0.3 is 15.5 Å². The molecule has 0 bridgehead atoms. The van der Waals surface area contributed by atoms with Gasteiger partial charge in [-0.2, -0.15) is 0 Å². The topological polar surface area (TPSA) is 85.1 Å². The molecule has 0 aliphatic carbocycles. The Kier molecular flexibility index (Phi) is 5.11. The molecular formula is C11H21N5O. The number of aryl methyl sites for hydroxylation is 1. The Hall–Kier alpha value is -1.40. The molecule has 1 rings (SSSR count). The van der Waals surface area contributed by atoms with E-state index in [4.69, 9.17) is 10.6 Å². The molecule has 1 aromatic heterocycles. The van der Waals surface area contributed by atoms with Gasteiger partial charge in [-0.15, -0.1) is 0 Å². The molecule has 0 aliphatic rings. The van der Waals surface area contributed by atoms with Gasteiger partial charge in [0.05, 0.1) is 12.6 Å². The van der Waals surface area contributed by atoms with E-state index in [0.29, 0.717) is 18.2 Å². The van der Waals surface area contributed by atoms with Crippen molar-refractivity contribution in [2.45, 2.75) is 33.2 Å². The molecule has 4 N–H and O–H groups in total. The van der Waals surface area contributed by atoms with Gasteiger partial charge in [0.1, 0.15) is 17.5 Å². The van der Waals surface area contributed by atoms with Gasteiger partial charge in [0.2, 0.25) is 0 Å². The monoisotopic (exact) mass is 239 g/mol. The Balaban J connectivity index is 2.92. The maximum Gasteiger partial charge on any atom is 0.148 e. The van der Waals surface area contributed by atoms with Gasteiger partial charge in [0.15, 0.2) is 0 Å². The maximum absolute atomic E-state index is 5.42. The third-order valence-corrected chi connectivity index (χ3v) is 2.60. The van der Waals surface area contributed by atoms with Gasteiger partial charge in [-0.1, -0.05) is 6.92 Å². The summed E-state index contributed by atoms with van der Waals surface area (Å²) in [4.78, 5) is 8.59. The standard InChI is InChI=1S/C11H21N5O/c1-5-9(6-17-4)15-10-7(2)11(16-12)14-8(3)13-10/h9H,5-6,12H2,1-4H3,(H2,13,14,15,16). The van der Waals surface area contributed by atoms with Gasteiger partial charge in [-0.05, 0) is 20.3 Å². The highest BCUT2D eigenvalue weighted by Gasteiger charge is 2.12. The van der Waals surface area contributed by atoms with E-state index in [9.17, 15) is 0 Å². The van der Waals surface area contributed by atoms with E-state index < -0.39 is 0 Å². The van der Waals surface area contributed by atoms with Crippen LogP contribution in [0.15, 0.2) is 0 Å². The van der Waals surface area contributed by atoms with Crippen LogP contribution in [0.5, 0.6) is 0 Å². The van der Waals surface area contributed by atoms with E-state index in [2.05, 4.69) is 27.6 Å². The molecule has 17 heavy (non-hydrogen) atoms. The number of hydrogen-bond donors (Lipinski definition) is 3. The quantitative estimate of drug-likeness (QED) is 0.511. The number of aromatic nitrogens is 2. The lowest BCUT2D eigenvalue weighted by atomic mass is 10.2. The lowest BCUT2D eigenvalue weighted by Crippen LogP contribution is -2.25. The molecule has 0 spiro atoms. The first-order chi connectivity index (χ1) is 8.12. The first-order valence-electron chi connectivity index (χ1n) is 5.69. The summed E-state index contributed by atoms with van der Waals surface area (Å²) >= 11 is 0. The Morgan fingerprint density at radius 3 is 2.47 bits per heavy atom. The van der Waals surface area contributed by atoms with Crippen LogP contribution >= 0.6 is 0 Å². The average molecular weight is 239 g/mol. The fourth-order valence-corrected chi connectivity index (χ4v) is 1.57. The van der Waals surface area contributed by atoms with Crippen molar-refractivity contribution in [1.29, 1.82) is 0 Å². The SMILES string of the molecule is CCC(COC)Nc1nc(C)nc(NN)c1C. The molecule has 6 heteroatoms. The molecule has 0 aliphatic heterocycles. The molecule has 0 aromatic carbocycles. The van der Waals surface area contributed by atoms with Crippen LogP contribution in [-0.4, -0.2) is 29.7 Å². The summed E-state index contributed by atoms with van der Waals surface area (Å²) in [5, 5.41) is 3.34. The first kappa shape index (κ1) is 13.7. The minimum absolute atomic E-state index is 0.235. The summed E-state index contributed by atoms with van der Waals surface area (Å²) in [7, 11) is 1.69. The Bertz CT molecular complexity index is 369. The van der Waals surface area contributed by atoms with Crippen LogP contribution in [0.3, 0.4) is 0 Å². The molecule has 96 valence electrons. The van der Waals surface area contributed by atoms with Crippen molar-refractivity contribution in [3.05, 3.63) is 11.4 Å². The fraction of sp³-hybridized carbons (Fsp3) is 0.636. The molecule has 0 saturated heterocycles. The normalized spacial score (nSPS) is 12.3. The van der Waals surface area contributed by atoms with Crippen molar-refractivity contribution >= 4 is 11.6 Å². The van der Waals surface area contributed by atoms with Crippen molar-refractivity contribution in [3.8, 4) is 0 Å². The second-order valence-electron chi connectivity index (χ2n) is 3.94. The highest BCUT2D eigenvalue weighted by Crippen LogP contribution is 2.20. The molecule has 0 radical (unpaired) electrons. The van der Waals surface area contributed by atoms with E-state index in [1.54, 1.807) is 7.11 Å². The molecule has 1 atom stereocenters. The van der Waals surface area contributed by atoms with Crippen LogP contribution in [0.25, 0.3) is 0 Å². The smallest absolute Gasteiger partial charge is 0.148 e. The fourth-order valence-electron chi connectivity index (χ4n) is 1.57. The number of nitrogen functional groups attached to an aromatic ring is 1. The second-order valence-corrected chi connectivity index (χ2v) is 3.94. The first-order valence-corrected chi connectivity index (χ1v) is 5.69. The number of nitrogens with one attached hydrogen (secondary N) is 2. The summed E-state index contributed by atoms with van der Waals surface area (Å²) in [6.07, 6.45) is 0.960. The largest absolute Gasteiger partial charge is 0.383 e. The van der Waals surface area contributed by atoms with Crippen LogP contribution in [-0.2, 0) is 4.74 Å². The van der Waals surface area contributed by atoms with E-state index in [1.807, 2.05) is 13.8 Å². The summed E-state index contributed by atoms with van der Waals surface area (Å²) < 4.78 is 5.15. The summed E-state index contributed by atoms with van der Waals surface area (Å²) in [6.45, 7) is 6.51. The predicted molar refractivity (Wildman–Crippen MR) is 68.9 cm³/mol. The van der Waals surface area contributed by atoms with Crippen LogP contribution < -0.4 is 16.6 Å². The van der Waals surface area contributed by atoms with E-state index >= 15 is 0 Å². The van der Waals surface area contributed by atoms with Crippen LogP contribution in [0.2, 0.25) is 0 Å². The number of nitrogens with two attached hydrogens (primary N) is 1. The zero-order valence-corrected chi connectivity index (χ0v) is 10.9. The van der Waals surface area contributed by atoms with Gasteiger partial charge in [-0.25, -0.2) is 15.8 Å². The van der Waals surface area contributed by atoms with E-state index in [0.717, 1.165) is 17.8 Å². The Morgan fingerprint density at radius 1 is 1.29 bits per heavy atom. The van der Waals surface area contributed by atoms with Crippen LogP contribution in [0, 0.1) is 13.8 Å². The van der Waals surface area contributed by atoms with Gasteiger partial charge in [0, 0.05) is 12.7 Å². The zero-order valence-electron chi connectivity index (χ0n) is 10.9. The number of hydrogen-bond acceptors (Lipinski definition) is 6. The van der Waals surface area contributed by atoms with Crippen molar-refractivity contribution in [2.75, 3.05) is 24.5 Å². The molecule has 0 saturated carbocycles. The summed E-state index contributed by atoms with van der Waals surface area (Å²) in [5.74, 6) is 7.54. The average Bonchev–Trinajstić information content (AvgIpc) is 2.32. The summed E-state index contributed by atoms with van der Waals surface area (Å²) in [5.41, 5.74) is 3.49. The number of methoxy groups -OCH3 is 1. The van der Waals surface area contributed by atoms with Crippen molar-refractivity contribution in [2.24, 2.45) is 5.84 Å². The van der Waals surface area contributed by atoms with E-state index in [1.165, 1.54) is 0 Å². The summed E-state index contributed by atoms with van der Waals surface area (Å²) in [6, 6.07) is 0.235. The number of rotatable bonds is 6. The highest BCUT2D eigenvalue weighted by molar-refractivity contribution is 5.57. The van der Waals surface area contributed by atoms with Gasteiger partial charge in [0.25, 0.3) is 0 Å². The third-order valence-electron chi connectivity index (χ3n) is 2.60. The van der Waals surface area contributed by atoms with E-state index in [-0.39, 0.29) is 6.04 Å². The lowest BCUT2D eigenvalue weighted by molar-refractivity contribution is 0.184. The molecule has 6 nitrogen and oxygen atoms in total. The molecule has 1 heterocycles. The number of hydrazine groups is 1. The third kappa shape index (κ3) is 3.54. The van der Waals surface area contributed by atoms with Gasteiger partial charge >= 0.3 is 0 Å². The predicted octanol–water partition coefficient (Wildman–Crippen LogP) is 1.22. The molecule has 1 unspecified atom stereocenters. The van der Waals surface area contributed by atoms with Crippen LogP contribution in [0.4, 0.5) is 11.6 Å². The second kappa shape index (κ2) is 6.36. The molecule has 0 amide bonds.